The van der Waals surface area contributed by atoms with E-state index >= 15 is 0 Å². The zero-order valence-electron chi connectivity index (χ0n) is 18.0. The SMILES string of the molecule is CCn1c(C(C)N2CCN(C(=O)Nc3cccc(Br)c3)CC2)nc2ccc(Cl)cc2c1=O. The van der Waals surface area contributed by atoms with Gasteiger partial charge in [0.2, 0.25) is 0 Å². The summed E-state index contributed by atoms with van der Waals surface area (Å²) in [6.07, 6.45) is 0. The third-order valence-electron chi connectivity index (χ3n) is 5.86. The van der Waals surface area contributed by atoms with Crippen LogP contribution in [0.1, 0.15) is 25.7 Å². The van der Waals surface area contributed by atoms with E-state index in [4.69, 9.17) is 16.6 Å². The van der Waals surface area contributed by atoms with Gasteiger partial charge in [0.05, 0.1) is 16.9 Å². The van der Waals surface area contributed by atoms with Crippen molar-refractivity contribution >= 4 is 50.2 Å². The normalized spacial score (nSPS) is 15.7. The zero-order valence-corrected chi connectivity index (χ0v) is 20.4. The summed E-state index contributed by atoms with van der Waals surface area (Å²) in [6.45, 7) is 7.14. The summed E-state index contributed by atoms with van der Waals surface area (Å²) in [6, 6.07) is 12.6. The van der Waals surface area contributed by atoms with Crippen LogP contribution in [0.25, 0.3) is 10.9 Å². The second-order valence-corrected chi connectivity index (χ2v) is 9.17. The van der Waals surface area contributed by atoms with E-state index in [0.717, 1.165) is 16.0 Å². The van der Waals surface area contributed by atoms with Crippen LogP contribution in [0.4, 0.5) is 10.5 Å². The number of nitrogens with zero attached hydrogens (tertiary/aromatic N) is 4. The topological polar surface area (TPSA) is 70.5 Å². The fourth-order valence-electron chi connectivity index (χ4n) is 4.08. The number of aromatic nitrogens is 2. The smallest absolute Gasteiger partial charge is 0.321 e. The Morgan fingerprint density at radius 1 is 1.19 bits per heavy atom. The van der Waals surface area contributed by atoms with Crippen molar-refractivity contribution in [3.05, 3.63) is 68.1 Å². The number of rotatable bonds is 4. The third kappa shape index (κ3) is 4.67. The Balaban J connectivity index is 1.48. The van der Waals surface area contributed by atoms with Gasteiger partial charge in [-0.05, 0) is 50.2 Å². The van der Waals surface area contributed by atoms with E-state index in [1.54, 1.807) is 22.8 Å². The first-order chi connectivity index (χ1) is 15.4. The molecule has 1 atom stereocenters. The maximum atomic E-state index is 13.0. The number of hydrogen-bond donors (Lipinski definition) is 1. The van der Waals surface area contributed by atoms with Gasteiger partial charge in [-0.15, -0.1) is 0 Å². The van der Waals surface area contributed by atoms with Crippen LogP contribution in [0.3, 0.4) is 0 Å². The zero-order chi connectivity index (χ0) is 22.8. The van der Waals surface area contributed by atoms with Crippen LogP contribution in [-0.4, -0.2) is 51.6 Å². The molecule has 0 spiro atoms. The van der Waals surface area contributed by atoms with Gasteiger partial charge in [-0.2, -0.15) is 0 Å². The van der Waals surface area contributed by atoms with Crippen LogP contribution in [-0.2, 0) is 6.54 Å². The van der Waals surface area contributed by atoms with Gasteiger partial charge < -0.3 is 10.2 Å². The molecule has 0 radical (unpaired) electrons. The highest BCUT2D eigenvalue weighted by atomic mass is 79.9. The summed E-state index contributed by atoms with van der Waals surface area (Å²) in [7, 11) is 0. The Labute approximate surface area is 200 Å². The average Bonchev–Trinajstić information content (AvgIpc) is 2.79. The van der Waals surface area contributed by atoms with Gasteiger partial charge in [0.25, 0.3) is 5.56 Å². The summed E-state index contributed by atoms with van der Waals surface area (Å²) in [5.41, 5.74) is 1.33. The molecule has 168 valence electrons. The number of carbonyl (C=O) groups is 1. The fraction of sp³-hybridized carbons (Fsp3) is 0.348. The Kier molecular flexibility index (Phi) is 6.83. The minimum Gasteiger partial charge on any atom is -0.322 e. The van der Waals surface area contributed by atoms with Gasteiger partial charge in [0.15, 0.2) is 0 Å². The van der Waals surface area contributed by atoms with Crippen molar-refractivity contribution < 1.29 is 4.79 Å². The van der Waals surface area contributed by atoms with Gasteiger partial charge in [-0.1, -0.05) is 33.6 Å². The number of benzene rings is 2. The van der Waals surface area contributed by atoms with Crippen molar-refractivity contribution in [2.75, 3.05) is 31.5 Å². The van der Waals surface area contributed by atoms with Crippen molar-refractivity contribution in [3.63, 3.8) is 0 Å². The van der Waals surface area contributed by atoms with Gasteiger partial charge in [-0.25, -0.2) is 9.78 Å². The first kappa shape index (κ1) is 22.8. The molecule has 1 saturated heterocycles. The molecule has 1 unspecified atom stereocenters. The number of nitrogens with one attached hydrogen (secondary N) is 1. The Morgan fingerprint density at radius 2 is 1.94 bits per heavy atom. The van der Waals surface area contributed by atoms with Gasteiger partial charge in [0, 0.05) is 47.9 Å². The van der Waals surface area contributed by atoms with E-state index in [1.807, 2.05) is 36.1 Å². The quantitative estimate of drug-likeness (QED) is 0.541. The van der Waals surface area contributed by atoms with Crippen LogP contribution in [0.5, 0.6) is 0 Å². The second-order valence-electron chi connectivity index (χ2n) is 7.82. The number of piperazine rings is 1. The van der Waals surface area contributed by atoms with Gasteiger partial charge in [0.1, 0.15) is 5.82 Å². The monoisotopic (exact) mass is 517 g/mol. The number of hydrogen-bond acceptors (Lipinski definition) is 4. The van der Waals surface area contributed by atoms with Crippen LogP contribution in [0.15, 0.2) is 51.7 Å². The second kappa shape index (κ2) is 9.60. The average molecular weight is 519 g/mol. The standard InChI is InChI=1S/C23H25BrClN5O2/c1-3-30-21(27-20-8-7-17(25)14-19(20)22(30)31)15(2)28-9-11-29(12-10-28)23(32)26-18-6-4-5-16(24)13-18/h4-8,13-15H,3,9-12H2,1-2H3,(H,26,32). The van der Waals surface area contributed by atoms with Gasteiger partial charge in [-0.3, -0.25) is 14.3 Å². The van der Waals surface area contributed by atoms with Crippen molar-refractivity contribution in [1.29, 1.82) is 0 Å². The maximum Gasteiger partial charge on any atom is 0.321 e. The molecule has 1 aromatic heterocycles. The lowest BCUT2D eigenvalue weighted by Crippen LogP contribution is -2.51. The minimum atomic E-state index is -0.110. The van der Waals surface area contributed by atoms with E-state index in [2.05, 4.69) is 33.1 Å². The molecule has 7 nitrogen and oxygen atoms in total. The molecular weight excluding hydrogens is 494 g/mol. The van der Waals surface area contributed by atoms with Crippen LogP contribution < -0.4 is 10.9 Å². The highest BCUT2D eigenvalue weighted by molar-refractivity contribution is 9.10. The molecule has 2 heterocycles. The number of amides is 2. The fourth-order valence-corrected chi connectivity index (χ4v) is 4.65. The lowest BCUT2D eigenvalue weighted by Gasteiger charge is -2.38. The lowest BCUT2D eigenvalue weighted by molar-refractivity contribution is 0.114. The molecule has 1 fully saturated rings. The highest BCUT2D eigenvalue weighted by Crippen LogP contribution is 2.23. The van der Waals surface area contributed by atoms with E-state index in [9.17, 15) is 9.59 Å². The summed E-state index contributed by atoms with van der Waals surface area (Å²) >= 11 is 9.51. The number of fused-ring (bicyclic) bond motifs is 1. The molecule has 2 amide bonds. The molecule has 4 rings (SSSR count). The molecule has 32 heavy (non-hydrogen) atoms. The molecule has 0 saturated carbocycles. The number of anilines is 1. The van der Waals surface area contributed by atoms with E-state index < -0.39 is 0 Å². The molecule has 1 aliphatic rings. The summed E-state index contributed by atoms with van der Waals surface area (Å²) in [5.74, 6) is 0.736. The summed E-state index contributed by atoms with van der Waals surface area (Å²) in [4.78, 5) is 34.6. The summed E-state index contributed by atoms with van der Waals surface area (Å²) < 4.78 is 2.64. The molecule has 9 heteroatoms. The Hall–Kier alpha value is -2.42. The molecule has 0 bridgehead atoms. The lowest BCUT2D eigenvalue weighted by atomic mass is 10.2. The molecule has 2 aromatic carbocycles. The largest absolute Gasteiger partial charge is 0.322 e. The number of halogens is 2. The van der Waals surface area contributed by atoms with Gasteiger partial charge >= 0.3 is 6.03 Å². The van der Waals surface area contributed by atoms with E-state index in [1.165, 1.54) is 0 Å². The van der Waals surface area contributed by atoms with Crippen molar-refractivity contribution in [3.8, 4) is 0 Å². The van der Waals surface area contributed by atoms with E-state index in [-0.39, 0.29) is 17.6 Å². The Morgan fingerprint density at radius 3 is 2.62 bits per heavy atom. The van der Waals surface area contributed by atoms with Crippen molar-refractivity contribution in [1.82, 2.24) is 19.4 Å². The van der Waals surface area contributed by atoms with Crippen LogP contribution >= 0.6 is 27.5 Å². The van der Waals surface area contributed by atoms with Crippen molar-refractivity contribution in [2.45, 2.75) is 26.4 Å². The van der Waals surface area contributed by atoms with Crippen LogP contribution in [0, 0.1) is 0 Å². The molecule has 3 aromatic rings. The first-order valence-electron chi connectivity index (χ1n) is 10.6. The van der Waals surface area contributed by atoms with Crippen molar-refractivity contribution in [2.24, 2.45) is 0 Å². The number of urea groups is 1. The molecule has 1 N–H and O–H groups in total. The summed E-state index contributed by atoms with van der Waals surface area (Å²) in [5, 5.41) is 4.01. The predicted octanol–water partition coefficient (Wildman–Crippen LogP) is 4.74. The Bertz CT molecular complexity index is 1210. The number of carbonyl (C=O) groups excluding carboxylic acids is 1. The van der Waals surface area contributed by atoms with Crippen LogP contribution in [0.2, 0.25) is 5.02 Å². The third-order valence-corrected chi connectivity index (χ3v) is 6.59. The molecule has 1 aliphatic heterocycles. The predicted molar refractivity (Wildman–Crippen MR) is 131 cm³/mol. The molecule has 0 aliphatic carbocycles. The van der Waals surface area contributed by atoms with E-state index in [0.29, 0.717) is 48.6 Å². The highest BCUT2D eigenvalue weighted by Gasteiger charge is 2.27. The molecular formula is C23H25BrClN5O2. The minimum absolute atomic E-state index is 0.0574. The first-order valence-corrected chi connectivity index (χ1v) is 11.8. The maximum absolute atomic E-state index is 13.0.